The first kappa shape index (κ1) is 18.5. The molecule has 4 heterocycles. The Hall–Kier alpha value is -2.84. The molecule has 1 fully saturated rings. The van der Waals surface area contributed by atoms with E-state index in [9.17, 15) is 0 Å². The summed E-state index contributed by atoms with van der Waals surface area (Å²) < 4.78 is 16.2. The van der Waals surface area contributed by atoms with E-state index in [1.54, 1.807) is 13.3 Å². The maximum absolute atomic E-state index is 5.61. The molecule has 0 aliphatic carbocycles. The molecular weight excluding hydrogens is 358 g/mol. The summed E-state index contributed by atoms with van der Waals surface area (Å²) in [6.07, 6.45) is 7.44. The largest absolute Gasteiger partial charge is 0.475 e. The average Bonchev–Trinajstić information content (AvgIpc) is 3.39. The minimum Gasteiger partial charge on any atom is -0.475 e. The fourth-order valence-electron chi connectivity index (χ4n) is 3.36. The molecular formula is C20H23N5O3. The Morgan fingerprint density at radius 2 is 2.07 bits per heavy atom. The van der Waals surface area contributed by atoms with Crippen molar-refractivity contribution in [3.8, 4) is 17.3 Å². The molecule has 0 amide bonds. The van der Waals surface area contributed by atoms with Crippen molar-refractivity contribution in [1.29, 1.82) is 0 Å². The van der Waals surface area contributed by atoms with E-state index >= 15 is 0 Å². The zero-order chi connectivity index (χ0) is 19.2. The number of ether oxygens (including phenoxy) is 2. The second-order valence-corrected chi connectivity index (χ2v) is 6.66. The van der Waals surface area contributed by atoms with E-state index in [4.69, 9.17) is 14.0 Å². The molecule has 1 atom stereocenters. The van der Waals surface area contributed by atoms with Crippen LogP contribution in [0.1, 0.15) is 30.3 Å². The van der Waals surface area contributed by atoms with Crippen molar-refractivity contribution < 1.29 is 14.0 Å². The fraction of sp³-hybridized carbons (Fsp3) is 0.400. The Balaban J connectivity index is 1.47. The third-order valence-corrected chi connectivity index (χ3v) is 4.76. The maximum Gasteiger partial charge on any atom is 0.244 e. The first-order chi connectivity index (χ1) is 13.8. The number of methoxy groups -OCH3 is 1. The van der Waals surface area contributed by atoms with Crippen LogP contribution in [0.3, 0.4) is 0 Å². The molecule has 0 unspecified atom stereocenters. The van der Waals surface area contributed by atoms with Crippen molar-refractivity contribution in [3.05, 3.63) is 54.3 Å². The number of hydrogen-bond acceptors (Lipinski definition) is 8. The predicted octanol–water partition coefficient (Wildman–Crippen LogP) is 2.89. The summed E-state index contributed by atoms with van der Waals surface area (Å²) >= 11 is 0. The van der Waals surface area contributed by atoms with Crippen LogP contribution in [0, 0.1) is 0 Å². The smallest absolute Gasteiger partial charge is 0.244 e. The minimum atomic E-state index is 0.133. The Kier molecular flexibility index (Phi) is 5.89. The number of likely N-dealkylation sites (tertiary alicyclic amines) is 1. The molecule has 4 rings (SSSR count). The van der Waals surface area contributed by atoms with Crippen molar-refractivity contribution in [2.75, 3.05) is 26.9 Å². The summed E-state index contributed by atoms with van der Waals surface area (Å²) in [5.41, 5.74) is 2.05. The van der Waals surface area contributed by atoms with Crippen molar-refractivity contribution in [2.24, 2.45) is 0 Å². The lowest BCUT2D eigenvalue weighted by Gasteiger charge is -2.21. The number of aromatic nitrogens is 4. The third-order valence-electron chi connectivity index (χ3n) is 4.76. The van der Waals surface area contributed by atoms with Crippen LogP contribution in [0.5, 0.6) is 5.88 Å². The van der Waals surface area contributed by atoms with Gasteiger partial charge < -0.3 is 14.0 Å². The van der Waals surface area contributed by atoms with Gasteiger partial charge in [-0.2, -0.15) is 4.98 Å². The van der Waals surface area contributed by atoms with Gasteiger partial charge in [0.1, 0.15) is 6.61 Å². The van der Waals surface area contributed by atoms with Crippen molar-refractivity contribution in [2.45, 2.75) is 25.4 Å². The summed E-state index contributed by atoms with van der Waals surface area (Å²) in [6.45, 7) is 2.80. The van der Waals surface area contributed by atoms with Gasteiger partial charge in [0.25, 0.3) is 0 Å². The van der Waals surface area contributed by atoms with Crippen LogP contribution in [0.25, 0.3) is 11.4 Å². The summed E-state index contributed by atoms with van der Waals surface area (Å²) in [5, 5.41) is 4.18. The van der Waals surface area contributed by atoms with Crippen LogP contribution in [0.2, 0.25) is 0 Å². The normalized spacial score (nSPS) is 17.1. The van der Waals surface area contributed by atoms with E-state index in [-0.39, 0.29) is 6.04 Å². The summed E-state index contributed by atoms with van der Waals surface area (Å²) in [6, 6.07) is 7.87. The highest BCUT2D eigenvalue weighted by Gasteiger charge is 2.30. The molecule has 1 aliphatic rings. The standard InChI is InChI=1S/C20H23N5O3/c1-26-11-12-27-18-13-16(6-9-22-18)19-23-20(28-24-19)17-3-2-10-25(17)14-15-4-7-21-8-5-15/h4-9,13,17H,2-3,10-12,14H2,1H3/t17-/m0/s1. The van der Waals surface area contributed by atoms with Gasteiger partial charge in [0.05, 0.1) is 12.6 Å². The monoisotopic (exact) mass is 381 g/mol. The molecule has 0 saturated carbocycles. The Labute approximate surface area is 163 Å². The first-order valence-electron chi connectivity index (χ1n) is 9.38. The highest BCUT2D eigenvalue weighted by atomic mass is 16.5. The van der Waals surface area contributed by atoms with Gasteiger partial charge in [-0.25, -0.2) is 4.98 Å². The van der Waals surface area contributed by atoms with Gasteiger partial charge in [0, 0.05) is 43.9 Å². The molecule has 0 radical (unpaired) electrons. The summed E-state index contributed by atoms with van der Waals surface area (Å²) in [4.78, 5) is 15.3. The van der Waals surface area contributed by atoms with E-state index in [0.29, 0.717) is 30.8 Å². The van der Waals surface area contributed by atoms with E-state index in [1.807, 2.05) is 36.7 Å². The lowest BCUT2D eigenvalue weighted by molar-refractivity contribution is 0.144. The Bertz CT molecular complexity index is 886. The van der Waals surface area contributed by atoms with Crippen molar-refractivity contribution >= 4 is 0 Å². The lowest BCUT2D eigenvalue weighted by atomic mass is 10.2. The zero-order valence-corrected chi connectivity index (χ0v) is 15.8. The van der Waals surface area contributed by atoms with E-state index in [2.05, 4.69) is 25.0 Å². The van der Waals surface area contributed by atoms with Crippen LogP contribution in [-0.2, 0) is 11.3 Å². The number of nitrogens with zero attached hydrogens (tertiary/aromatic N) is 5. The molecule has 146 valence electrons. The number of hydrogen-bond donors (Lipinski definition) is 0. The molecule has 0 aromatic carbocycles. The number of pyridine rings is 2. The average molecular weight is 381 g/mol. The van der Waals surface area contributed by atoms with Crippen LogP contribution < -0.4 is 4.74 Å². The number of rotatable bonds is 8. The molecule has 1 aliphatic heterocycles. The van der Waals surface area contributed by atoms with Crippen LogP contribution in [-0.4, -0.2) is 51.9 Å². The van der Waals surface area contributed by atoms with Gasteiger partial charge in [0.2, 0.25) is 17.6 Å². The SMILES string of the molecule is COCCOc1cc(-c2noc([C@@H]3CCCN3Cc3ccncc3)n2)ccn1. The predicted molar refractivity (Wildman–Crippen MR) is 102 cm³/mol. The first-order valence-corrected chi connectivity index (χ1v) is 9.38. The van der Waals surface area contributed by atoms with Crippen molar-refractivity contribution in [3.63, 3.8) is 0 Å². The summed E-state index contributed by atoms with van der Waals surface area (Å²) in [5.74, 6) is 1.71. The zero-order valence-electron chi connectivity index (χ0n) is 15.8. The molecule has 0 spiro atoms. The molecule has 28 heavy (non-hydrogen) atoms. The highest BCUT2D eigenvalue weighted by Crippen LogP contribution is 2.33. The molecule has 0 bridgehead atoms. The maximum atomic E-state index is 5.61. The van der Waals surface area contributed by atoms with Crippen LogP contribution in [0.15, 0.2) is 47.4 Å². The van der Waals surface area contributed by atoms with Gasteiger partial charge in [-0.1, -0.05) is 5.16 Å². The highest BCUT2D eigenvalue weighted by molar-refractivity contribution is 5.55. The van der Waals surface area contributed by atoms with Gasteiger partial charge in [0.15, 0.2) is 0 Å². The van der Waals surface area contributed by atoms with E-state index in [1.165, 1.54) is 5.56 Å². The van der Waals surface area contributed by atoms with Crippen LogP contribution in [0.4, 0.5) is 0 Å². The van der Waals surface area contributed by atoms with E-state index < -0.39 is 0 Å². The molecule has 1 saturated heterocycles. The fourth-order valence-corrected chi connectivity index (χ4v) is 3.36. The van der Waals surface area contributed by atoms with Gasteiger partial charge >= 0.3 is 0 Å². The molecule has 8 nitrogen and oxygen atoms in total. The van der Waals surface area contributed by atoms with Crippen LogP contribution >= 0.6 is 0 Å². The minimum absolute atomic E-state index is 0.133. The van der Waals surface area contributed by atoms with Crippen molar-refractivity contribution in [1.82, 2.24) is 25.0 Å². The quantitative estimate of drug-likeness (QED) is 0.551. The topological polar surface area (TPSA) is 86.4 Å². The Morgan fingerprint density at radius 3 is 2.93 bits per heavy atom. The van der Waals surface area contributed by atoms with Gasteiger partial charge in [-0.05, 0) is 43.1 Å². The third kappa shape index (κ3) is 4.35. The van der Waals surface area contributed by atoms with E-state index in [0.717, 1.165) is 31.5 Å². The molecule has 8 heteroatoms. The second kappa shape index (κ2) is 8.90. The lowest BCUT2D eigenvalue weighted by Crippen LogP contribution is -2.23. The van der Waals surface area contributed by atoms with Gasteiger partial charge in [-0.3, -0.25) is 9.88 Å². The second-order valence-electron chi connectivity index (χ2n) is 6.66. The Morgan fingerprint density at radius 1 is 1.18 bits per heavy atom. The van der Waals surface area contributed by atoms with Gasteiger partial charge in [-0.15, -0.1) is 0 Å². The summed E-state index contributed by atoms with van der Waals surface area (Å²) in [7, 11) is 1.63. The molecule has 3 aromatic heterocycles. The molecule has 3 aromatic rings. The molecule has 0 N–H and O–H groups in total.